The molecule has 68 valence electrons. The van der Waals surface area contributed by atoms with Crippen LogP contribution in [0, 0.1) is 0 Å². The Morgan fingerprint density at radius 1 is 1.58 bits per heavy atom. The van der Waals surface area contributed by atoms with Gasteiger partial charge in [-0.15, -0.1) is 0 Å². The Balaban J connectivity index is 2.15. The second-order valence-electron chi connectivity index (χ2n) is 2.70. The lowest BCUT2D eigenvalue weighted by Gasteiger charge is -1.98. The second-order valence-corrected chi connectivity index (χ2v) is 2.70. The number of nitrogens with zero attached hydrogens (tertiary/aromatic N) is 2. The Bertz CT molecular complexity index is 222. The molecule has 1 rings (SSSR count). The summed E-state index contributed by atoms with van der Waals surface area (Å²) in [6.07, 6.45) is 2.85. The third kappa shape index (κ3) is 3.02. The summed E-state index contributed by atoms with van der Waals surface area (Å²) >= 11 is 0. The van der Waals surface area contributed by atoms with Crippen LogP contribution >= 0.6 is 0 Å². The van der Waals surface area contributed by atoms with Gasteiger partial charge in [-0.25, -0.2) is 0 Å². The van der Waals surface area contributed by atoms with E-state index in [1.165, 1.54) is 0 Å². The first-order valence-electron chi connectivity index (χ1n) is 4.13. The van der Waals surface area contributed by atoms with E-state index in [4.69, 9.17) is 5.11 Å². The SMILES string of the molecule is Cn1ccc(CCNCCO)n1. The van der Waals surface area contributed by atoms with Crippen LogP contribution in [0.4, 0.5) is 0 Å². The number of aromatic nitrogens is 2. The van der Waals surface area contributed by atoms with Gasteiger partial charge in [0.25, 0.3) is 0 Å². The Labute approximate surface area is 72.2 Å². The smallest absolute Gasteiger partial charge is 0.0637 e. The van der Waals surface area contributed by atoms with Gasteiger partial charge in [-0.05, 0) is 6.07 Å². The molecule has 0 fully saturated rings. The van der Waals surface area contributed by atoms with Crippen molar-refractivity contribution >= 4 is 0 Å². The van der Waals surface area contributed by atoms with Gasteiger partial charge in [-0.3, -0.25) is 4.68 Å². The quantitative estimate of drug-likeness (QED) is 0.587. The number of hydrogen-bond acceptors (Lipinski definition) is 3. The van der Waals surface area contributed by atoms with Crippen molar-refractivity contribution in [2.24, 2.45) is 7.05 Å². The summed E-state index contributed by atoms with van der Waals surface area (Å²) in [5.74, 6) is 0. The molecule has 0 aliphatic rings. The van der Waals surface area contributed by atoms with Crippen molar-refractivity contribution in [2.45, 2.75) is 6.42 Å². The zero-order valence-electron chi connectivity index (χ0n) is 7.32. The Kier molecular flexibility index (Phi) is 3.76. The van der Waals surface area contributed by atoms with Crippen LogP contribution in [0.15, 0.2) is 12.3 Å². The highest BCUT2D eigenvalue weighted by Crippen LogP contribution is 1.93. The van der Waals surface area contributed by atoms with Gasteiger partial charge in [-0.1, -0.05) is 0 Å². The van der Waals surface area contributed by atoms with Gasteiger partial charge in [0.05, 0.1) is 12.3 Å². The van der Waals surface area contributed by atoms with Crippen molar-refractivity contribution in [1.82, 2.24) is 15.1 Å². The number of aliphatic hydroxyl groups is 1. The molecular formula is C8H15N3O. The molecule has 0 bridgehead atoms. The predicted octanol–water partition coefficient (Wildman–Crippen LogP) is -0.455. The summed E-state index contributed by atoms with van der Waals surface area (Å²) in [5.41, 5.74) is 1.09. The highest BCUT2D eigenvalue weighted by molar-refractivity contribution is 4.98. The van der Waals surface area contributed by atoms with E-state index in [-0.39, 0.29) is 6.61 Å². The Morgan fingerprint density at radius 3 is 3.00 bits per heavy atom. The molecule has 0 aromatic carbocycles. The highest BCUT2D eigenvalue weighted by Gasteiger charge is 1.94. The number of aryl methyl sites for hydroxylation is 1. The van der Waals surface area contributed by atoms with Crippen LogP contribution in [0.3, 0.4) is 0 Å². The zero-order valence-corrected chi connectivity index (χ0v) is 7.32. The number of hydrogen-bond donors (Lipinski definition) is 2. The fourth-order valence-corrected chi connectivity index (χ4v) is 1.02. The van der Waals surface area contributed by atoms with E-state index in [0.717, 1.165) is 18.7 Å². The molecule has 0 aliphatic heterocycles. The van der Waals surface area contributed by atoms with Gasteiger partial charge in [0.2, 0.25) is 0 Å². The van der Waals surface area contributed by atoms with E-state index in [9.17, 15) is 0 Å². The normalized spacial score (nSPS) is 10.5. The molecule has 0 atom stereocenters. The largest absolute Gasteiger partial charge is 0.395 e. The molecular weight excluding hydrogens is 154 g/mol. The minimum Gasteiger partial charge on any atom is -0.395 e. The summed E-state index contributed by atoms with van der Waals surface area (Å²) in [4.78, 5) is 0. The maximum Gasteiger partial charge on any atom is 0.0637 e. The standard InChI is InChI=1S/C8H15N3O/c1-11-6-3-8(10-11)2-4-9-5-7-12/h3,6,9,12H,2,4-5,7H2,1H3. The van der Waals surface area contributed by atoms with Gasteiger partial charge in [0.1, 0.15) is 0 Å². The van der Waals surface area contributed by atoms with Crippen LogP contribution in [-0.4, -0.2) is 34.6 Å². The van der Waals surface area contributed by atoms with E-state index in [1.54, 1.807) is 4.68 Å². The predicted molar refractivity (Wildman–Crippen MR) is 46.9 cm³/mol. The van der Waals surface area contributed by atoms with E-state index < -0.39 is 0 Å². The number of nitrogens with one attached hydrogen (secondary N) is 1. The first-order chi connectivity index (χ1) is 5.83. The summed E-state index contributed by atoms with van der Waals surface area (Å²) in [7, 11) is 1.91. The molecule has 1 aromatic heterocycles. The van der Waals surface area contributed by atoms with Crippen LogP contribution in [0.25, 0.3) is 0 Å². The Hall–Kier alpha value is -0.870. The average Bonchev–Trinajstić information content (AvgIpc) is 2.45. The molecule has 0 spiro atoms. The molecule has 4 heteroatoms. The van der Waals surface area contributed by atoms with Gasteiger partial charge in [0.15, 0.2) is 0 Å². The molecule has 0 saturated heterocycles. The fourth-order valence-electron chi connectivity index (χ4n) is 1.02. The minimum absolute atomic E-state index is 0.197. The van der Waals surface area contributed by atoms with Crippen molar-refractivity contribution in [1.29, 1.82) is 0 Å². The summed E-state index contributed by atoms with van der Waals surface area (Å²) < 4.78 is 1.79. The minimum atomic E-state index is 0.197. The molecule has 2 N–H and O–H groups in total. The van der Waals surface area contributed by atoms with Crippen molar-refractivity contribution in [3.05, 3.63) is 18.0 Å². The molecule has 0 radical (unpaired) electrons. The molecule has 1 heterocycles. The van der Waals surface area contributed by atoms with Gasteiger partial charge < -0.3 is 10.4 Å². The van der Waals surface area contributed by atoms with E-state index in [2.05, 4.69) is 10.4 Å². The topological polar surface area (TPSA) is 50.1 Å². The van der Waals surface area contributed by atoms with Crippen molar-refractivity contribution in [2.75, 3.05) is 19.7 Å². The fraction of sp³-hybridized carbons (Fsp3) is 0.625. The van der Waals surface area contributed by atoms with E-state index >= 15 is 0 Å². The Morgan fingerprint density at radius 2 is 2.42 bits per heavy atom. The van der Waals surface area contributed by atoms with Crippen molar-refractivity contribution in [3.63, 3.8) is 0 Å². The summed E-state index contributed by atoms with van der Waals surface area (Å²) in [6.45, 7) is 1.73. The number of aliphatic hydroxyl groups excluding tert-OH is 1. The first-order valence-corrected chi connectivity index (χ1v) is 4.13. The van der Waals surface area contributed by atoms with E-state index in [0.29, 0.717) is 6.54 Å². The van der Waals surface area contributed by atoms with E-state index in [1.807, 2.05) is 19.3 Å². The first kappa shape index (κ1) is 9.22. The second kappa shape index (κ2) is 4.90. The highest BCUT2D eigenvalue weighted by atomic mass is 16.3. The monoisotopic (exact) mass is 169 g/mol. The third-order valence-electron chi connectivity index (χ3n) is 1.62. The van der Waals surface area contributed by atoms with Gasteiger partial charge in [0, 0.05) is 32.8 Å². The van der Waals surface area contributed by atoms with Crippen molar-refractivity contribution < 1.29 is 5.11 Å². The molecule has 12 heavy (non-hydrogen) atoms. The van der Waals surface area contributed by atoms with Crippen LogP contribution in [0.1, 0.15) is 5.69 Å². The van der Waals surface area contributed by atoms with Gasteiger partial charge in [-0.2, -0.15) is 5.10 Å². The third-order valence-corrected chi connectivity index (χ3v) is 1.62. The number of rotatable bonds is 5. The molecule has 0 amide bonds. The van der Waals surface area contributed by atoms with Crippen LogP contribution in [0.2, 0.25) is 0 Å². The molecule has 0 saturated carbocycles. The lowest BCUT2D eigenvalue weighted by atomic mass is 10.3. The van der Waals surface area contributed by atoms with Crippen molar-refractivity contribution in [3.8, 4) is 0 Å². The molecule has 0 aliphatic carbocycles. The van der Waals surface area contributed by atoms with Gasteiger partial charge >= 0.3 is 0 Å². The van der Waals surface area contributed by atoms with Crippen LogP contribution in [-0.2, 0) is 13.5 Å². The maximum atomic E-state index is 8.49. The lowest BCUT2D eigenvalue weighted by molar-refractivity contribution is 0.292. The molecule has 0 unspecified atom stereocenters. The van der Waals surface area contributed by atoms with Crippen LogP contribution < -0.4 is 5.32 Å². The average molecular weight is 169 g/mol. The zero-order chi connectivity index (χ0) is 8.81. The molecule has 4 nitrogen and oxygen atoms in total. The summed E-state index contributed by atoms with van der Waals surface area (Å²) in [5, 5.41) is 15.8. The lowest BCUT2D eigenvalue weighted by Crippen LogP contribution is -2.21. The maximum absolute atomic E-state index is 8.49. The van der Waals surface area contributed by atoms with Crippen LogP contribution in [0.5, 0.6) is 0 Å². The summed E-state index contributed by atoms with van der Waals surface area (Å²) in [6, 6.07) is 2.00. The molecule has 1 aromatic rings.